The van der Waals surface area contributed by atoms with Crippen LogP contribution in [0.2, 0.25) is 5.02 Å². The average molecular weight is 603 g/mol. The minimum atomic E-state index is -1.08. The number of fused-ring (bicyclic) bond motifs is 1. The van der Waals surface area contributed by atoms with E-state index in [1.807, 2.05) is 12.1 Å². The van der Waals surface area contributed by atoms with E-state index in [4.69, 9.17) is 11.6 Å². The predicted molar refractivity (Wildman–Crippen MR) is 159 cm³/mol. The van der Waals surface area contributed by atoms with Crippen LogP contribution in [-0.2, 0) is 16.0 Å². The number of anilines is 2. The number of rotatable bonds is 6. The van der Waals surface area contributed by atoms with E-state index in [2.05, 4.69) is 33.1 Å². The molecule has 2 unspecified atom stereocenters. The second-order valence-electron chi connectivity index (χ2n) is 10.5. The summed E-state index contributed by atoms with van der Waals surface area (Å²) >= 11 is 5.94. The van der Waals surface area contributed by atoms with Gasteiger partial charge in [0.05, 0.1) is 22.8 Å². The van der Waals surface area contributed by atoms with Crippen LogP contribution in [-0.4, -0.2) is 60.0 Å². The van der Waals surface area contributed by atoms with E-state index < -0.39 is 35.7 Å². The van der Waals surface area contributed by atoms with Gasteiger partial charge in [-0.05, 0) is 78.0 Å². The number of benzene rings is 3. The molecule has 3 aromatic rings. The molecular formula is C31H28ClFN6O4. The molecule has 0 fully saturated rings. The molecule has 3 aliphatic heterocycles. The monoisotopic (exact) mass is 602 g/mol. The molecular weight excluding hydrogens is 575 g/mol. The van der Waals surface area contributed by atoms with Crippen molar-refractivity contribution in [2.45, 2.75) is 24.9 Å². The quantitative estimate of drug-likeness (QED) is 0.369. The van der Waals surface area contributed by atoms with Crippen LogP contribution in [0.3, 0.4) is 0 Å². The average Bonchev–Trinajstić information content (AvgIpc) is 3.52. The SMILES string of the molecule is O=C(O)c1ccc(NC(=O)C2c3cccc(C4=CCNCC4)c3CCN2C(=O)C2CN(c3cccc(Cl)c3F)N=N2)cc1. The number of hydrogen-bond acceptors (Lipinski definition) is 7. The van der Waals surface area contributed by atoms with Gasteiger partial charge in [-0.1, -0.05) is 47.2 Å². The molecule has 2 amide bonds. The van der Waals surface area contributed by atoms with Crippen LogP contribution >= 0.6 is 11.6 Å². The Balaban J connectivity index is 1.32. The van der Waals surface area contributed by atoms with Crippen molar-refractivity contribution in [1.82, 2.24) is 10.2 Å². The molecule has 0 aliphatic carbocycles. The van der Waals surface area contributed by atoms with Gasteiger partial charge < -0.3 is 20.6 Å². The van der Waals surface area contributed by atoms with Crippen molar-refractivity contribution in [3.8, 4) is 0 Å². The highest BCUT2D eigenvalue weighted by molar-refractivity contribution is 6.31. The maximum Gasteiger partial charge on any atom is 0.335 e. The van der Waals surface area contributed by atoms with Crippen LogP contribution in [0.15, 0.2) is 77.1 Å². The van der Waals surface area contributed by atoms with Crippen LogP contribution in [0.5, 0.6) is 0 Å². The lowest BCUT2D eigenvalue weighted by Gasteiger charge is -2.38. The van der Waals surface area contributed by atoms with Crippen molar-refractivity contribution in [2.75, 3.05) is 36.5 Å². The van der Waals surface area contributed by atoms with Crippen molar-refractivity contribution in [1.29, 1.82) is 0 Å². The highest BCUT2D eigenvalue weighted by atomic mass is 35.5. The minimum Gasteiger partial charge on any atom is -0.478 e. The molecule has 0 aromatic heterocycles. The Morgan fingerprint density at radius 2 is 1.84 bits per heavy atom. The number of aromatic carboxylic acids is 1. The smallest absolute Gasteiger partial charge is 0.335 e. The summed E-state index contributed by atoms with van der Waals surface area (Å²) in [7, 11) is 0. The number of carbonyl (C=O) groups excluding carboxylic acids is 2. The summed E-state index contributed by atoms with van der Waals surface area (Å²) in [6.07, 6.45) is 3.54. The van der Waals surface area contributed by atoms with Gasteiger partial charge in [0, 0.05) is 18.8 Å². The molecule has 43 heavy (non-hydrogen) atoms. The standard InChI is InChI=1S/C31H28ClFN6O4/c32-24-5-2-6-26(27(24)33)39-17-25(36-37-39)30(41)38-16-13-22-21(18-11-14-34-15-12-18)3-1-4-23(22)28(38)29(40)35-20-9-7-19(8-10-20)31(42)43/h1-11,25,28,34H,12-17H2,(H,35,40)(H,42,43). The Hall–Kier alpha value is -4.61. The molecule has 3 aromatic carbocycles. The third-order valence-electron chi connectivity index (χ3n) is 7.90. The van der Waals surface area contributed by atoms with Crippen molar-refractivity contribution < 1.29 is 23.9 Å². The summed E-state index contributed by atoms with van der Waals surface area (Å²) < 4.78 is 14.7. The Bertz CT molecular complexity index is 1660. The van der Waals surface area contributed by atoms with Gasteiger partial charge in [-0.15, -0.1) is 0 Å². The first-order valence-corrected chi connectivity index (χ1v) is 14.3. The van der Waals surface area contributed by atoms with Gasteiger partial charge in [0.2, 0.25) is 0 Å². The number of carbonyl (C=O) groups is 3. The van der Waals surface area contributed by atoms with Gasteiger partial charge in [0.1, 0.15) is 6.04 Å². The maximum atomic E-state index is 14.7. The Kier molecular flexibility index (Phi) is 7.92. The molecule has 6 rings (SSSR count). The molecule has 3 N–H and O–H groups in total. The summed E-state index contributed by atoms with van der Waals surface area (Å²) in [5.41, 5.74) is 4.58. The molecule has 3 aliphatic rings. The number of nitrogens with zero attached hydrogens (tertiary/aromatic N) is 4. The van der Waals surface area contributed by atoms with Crippen LogP contribution in [0, 0.1) is 5.82 Å². The summed E-state index contributed by atoms with van der Waals surface area (Å²) in [6, 6.07) is 14.2. The van der Waals surface area contributed by atoms with E-state index in [-0.39, 0.29) is 29.4 Å². The normalized spacial score (nSPS) is 19.5. The fraction of sp³-hybridized carbons (Fsp3) is 0.258. The van der Waals surface area contributed by atoms with Crippen LogP contribution < -0.4 is 15.6 Å². The van der Waals surface area contributed by atoms with Crippen molar-refractivity contribution >= 4 is 46.3 Å². The lowest BCUT2D eigenvalue weighted by Crippen LogP contribution is -2.49. The van der Waals surface area contributed by atoms with Gasteiger partial charge >= 0.3 is 5.97 Å². The van der Waals surface area contributed by atoms with Crippen molar-refractivity contribution in [3.63, 3.8) is 0 Å². The topological polar surface area (TPSA) is 127 Å². The minimum absolute atomic E-state index is 0.00956. The van der Waals surface area contributed by atoms with E-state index in [0.29, 0.717) is 17.7 Å². The van der Waals surface area contributed by atoms with Gasteiger partial charge in [0.15, 0.2) is 11.9 Å². The zero-order valence-electron chi connectivity index (χ0n) is 23.0. The fourth-order valence-electron chi connectivity index (χ4n) is 5.78. The maximum absolute atomic E-state index is 14.7. The van der Waals surface area contributed by atoms with Gasteiger partial charge in [-0.3, -0.25) is 9.59 Å². The summed E-state index contributed by atoms with van der Waals surface area (Å²) in [5.74, 6) is -2.59. The number of carboxylic acids is 1. The van der Waals surface area contributed by atoms with Crippen molar-refractivity contribution in [3.05, 3.63) is 99.8 Å². The number of amides is 2. The Morgan fingerprint density at radius 3 is 2.58 bits per heavy atom. The third kappa shape index (κ3) is 5.61. The van der Waals surface area contributed by atoms with Crippen molar-refractivity contribution in [2.24, 2.45) is 10.3 Å². The lowest BCUT2D eigenvalue weighted by molar-refractivity contribution is -0.140. The fourth-order valence-corrected chi connectivity index (χ4v) is 5.95. The molecule has 0 spiro atoms. The van der Waals surface area contributed by atoms with Crippen LogP contribution in [0.1, 0.15) is 39.5 Å². The second-order valence-corrected chi connectivity index (χ2v) is 10.9. The number of nitrogens with one attached hydrogen (secondary N) is 2. The number of carboxylic acid groups (broad SMARTS) is 1. The highest BCUT2D eigenvalue weighted by Crippen LogP contribution is 2.37. The first kappa shape index (κ1) is 28.5. The molecule has 2 atom stereocenters. The van der Waals surface area contributed by atoms with Crippen LogP contribution in [0.25, 0.3) is 5.57 Å². The molecule has 12 heteroatoms. The van der Waals surface area contributed by atoms with E-state index in [1.165, 1.54) is 51.9 Å². The second kappa shape index (κ2) is 11.9. The zero-order chi connectivity index (χ0) is 30.1. The van der Waals surface area contributed by atoms with Crippen LogP contribution in [0.4, 0.5) is 15.8 Å². The molecule has 0 radical (unpaired) electrons. The molecule has 0 saturated heterocycles. The molecule has 3 heterocycles. The van der Waals surface area contributed by atoms with E-state index in [9.17, 15) is 23.9 Å². The lowest BCUT2D eigenvalue weighted by atomic mass is 9.84. The molecule has 220 valence electrons. The summed E-state index contributed by atoms with van der Waals surface area (Å²) in [5, 5.41) is 24.8. The van der Waals surface area contributed by atoms with E-state index in [1.54, 1.807) is 6.07 Å². The first-order valence-electron chi connectivity index (χ1n) is 13.9. The van der Waals surface area contributed by atoms with E-state index in [0.717, 1.165) is 30.6 Å². The number of hydrogen-bond donors (Lipinski definition) is 3. The highest BCUT2D eigenvalue weighted by Gasteiger charge is 2.41. The Labute approximate surface area is 251 Å². The third-order valence-corrected chi connectivity index (χ3v) is 8.19. The summed E-state index contributed by atoms with van der Waals surface area (Å²) in [6.45, 7) is 1.87. The molecule has 10 nitrogen and oxygen atoms in total. The number of halogens is 2. The largest absolute Gasteiger partial charge is 0.478 e. The summed E-state index contributed by atoms with van der Waals surface area (Å²) in [4.78, 5) is 40.7. The van der Waals surface area contributed by atoms with Gasteiger partial charge in [-0.25, -0.2) is 14.2 Å². The predicted octanol–water partition coefficient (Wildman–Crippen LogP) is 4.87. The van der Waals surface area contributed by atoms with Gasteiger partial charge in [0.25, 0.3) is 11.8 Å². The zero-order valence-corrected chi connectivity index (χ0v) is 23.7. The van der Waals surface area contributed by atoms with E-state index >= 15 is 0 Å². The van der Waals surface area contributed by atoms with Gasteiger partial charge in [-0.2, -0.15) is 5.11 Å². The Morgan fingerprint density at radius 1 is 1.05 bits per heavy atom. The molecule has 0 saturated carbocycles. The molecule has 0 bridgehead atoms. The first-order chi connectivity index (χ1) is 20.8.